The predicted octanol–water partition coefficient (Wildman–Crippen LogP) is 1.23. The highest BCUT2D eigenvalue weighted by atomic mass is 32.2. The summed E-state index contributed by atoms with van der Waals surface area (Å²) < 4.78 is 26.5. The van der Waals surface area contributed by atoms with Gasteiger partial charge in [-0.25, -0.2) is 8.42 Å². The van der Waals surface area contributed by atoms with Gasteiger partial charge in [0.25, 0.3) is 10.0 Å². The number of nitrogens with two attached hydrogens (primary N) is 1. The van der Waals surface area contributed by atoms with Crippen molar-refractivity contribution < 1.29 is 8.42 Å². The maximum absolute atomic E-state index is 12.0. The SMILES string of the molecule is NNc1ccncc1S(=O)(=O)Nc1ccsc1. The van der Waals surface area contributed by atoms with Crippen molar-refractivity contribution >= 4 is 32.7 Å². The van der Waals surface area contributed by atoms with Gasteiger partial charge in [0, 0.05) is 17.8 Å². The van der Waals surface area contributed by atoms with E-state index in [1.807, 2.05) is 0 Å². The number of thiophene rings is 1. The molecule has 17 heavy (non-hydrogen) atoms. The van der Waals surface area contributed by atoms with E-state index < -0.39 is 10.0 Å². The first-order valence-electron chi connectivity index (χ1n) is 4.59. The lowest BCUT2D eigenvalue weighted by molar-refractivity contribution is 0.601. The molecule has 0 atom stereocenters. The molecule has 0 radical (unpaired) electrons. The largest absolute Gasteiger partial charge is 0.323 e. The lowest BCUT2D eigenvalue weighted by atomic mass is 10.4. The summed E-state index contributed by atoms with van der Waals surface area (Å²) in [5.74, 6) is 5.25. The van der Waals surface area contributed by atoms with Crippen LogP contribution in [0, 0.1) is 0 Å². The fraction of sp³-hybridized carbons (Fsp3) is 0. The fourth-order valence-corrected chi connectivity index (χ4v) is 3.07. The van der Waals surface area contributed by atoms with Crippen molar-refractivity contribution in [3.05, 3.63) is 35.3 Å². The van der Waals surface area contributed by atoms with Gasteiger partial charge >= 0.3 is 0 Å². The van der Waals surface area contributed by atoms with Gasteiger partial charge < -0.3 is 5.43 Å². The van der Waals surface area contributed by atoms with Gasteiger partial charge in [-0.05, 0) is 17.5 Å². The Hall–Kier alpha value is -1.64. The minimum atomic E-state index is -3.67. The Morgan fingerprint density at radius 1 is 1.35 bits per heavy atom. The molecule has 0 fully saturated rings. The van der Waals surface area contributed by atoms with E-state index in [4.69, 9.17) is 5.84 Å². The molecule has 2 aromatic rings. The molecule has 2 aromatic heterocycles. The van der Waals surface area contributed by atoms with Gasteiger partial charge in [-0.15, -0.1) is 0 Å². The number of nitrogen functional groups attached to an aromatic ring is 1. The fourth-order valence-electron chi connectivity index (χ4n) is 1.25. The first-order valence-corrected chi connectivity index (χ1v) is 7.02. The van der Waals surface area contributed by atoms with Crippen LogP contribution in [0.3, 0.4) is 0 Å². The van der Waals surface area contributed by atoms with E-state index in [9.17, 15) is 8.42 Å². The molecule has 2 rings (SSSR count). The Kier molecular flexibility index (Phi) is 3.27. The van der Waals surface area contributed by atoms with E-state index in [2.05, 4.69) is 15.1 Å². The number of aromatic nitrogens is 1. The van der Waals surface area contributed by atoms with E-state index in [1.54, 1.807) is 16.8 Å². The molecule has 0 aliphatic carbocycles. The number of sulfonamides is 1. The summed E-state index contributed by atoms with van der Waals surface area (Å²) in [4.78, 5) is 3.78. The zero-order chi connectivity index (χ0) is 12.3. The van der Waals surface area contributed by atoms with Gasteiger partial charge in [-0.2, -0.15) is 11.3 Å². The zero-order valence-corrected chi connectivity index (χ0v) is 10.3. The molecule has 6 nitrogen and oxygen atoms in total. The minimum absolute atomic E-state index is 0.00806. The summed E-state index contributed by atoms with van der Waals surface area (Å²) in [5.41, 5.74) is 3.13. The van der Waals surface area contributed by atoms with Gasteiger partial charge in [0.05, 0.1) is 11.4 Å². The van der Waals surface area contributed by atoms with Crippen LogP contribution >= 0.6 is 11.3 Å². The predicted molar refractivity (Wildman–Crippen MR) is 67.2 cm³/mol. The zero-order valence-electron chi connectivity index (χ0n) is 8.62. The van der Waals surface area contributed by atoms with E-state index >= 15 is 0 Å². The first kappa shape index (κ1) is 11.8. The van der Waals surface area contributed by atoms with Gasteiger partial charge in [-0.1, -0.05) is 0 Å². The van der Waals surface area contributed by atoms with Crippen LogP contribution in [0.25, 0.3) is 0 Å². The van der Waals surface area contributed by atoms with Crippen LogP contribution in [0.2, 0.25) is 0 Å². The van der Waals surface area contributed by atoms with Gasteiger partial charge in [0.15, 0.2) is 0 Å². The molecule has 0 bridgehead atoms. The van der Waals surface area contributed by atoms with Crippen molar-refractivity contribution in [1.29, 1.82) is 0 Å². The van der Waals surface area contributed by atoms with Crippen molar-refractivity contribution in [3.8, 4) is 0 Å². The number of rotatable bonds is 4. The van der Waals surface area contributed by atoms with Crippen molar-refractivity contribution in [2.24, 2.45) is 5.84 Å². The van der Waals surface area contributed by atoms with Crippen molar-refractivity contribution in [2.45, 2.75) is 4.90 Å². The van der Waals surface area contributed by atoms with Crippen LogP contribution in [-0.4, -0.2) is 13.4 Å². The Bertz CT molecular complexity index is 595. The Balaban J connectivity index is 2.38. The third-order valence-corrected chi connectivity index (χ3v) is 4.09. The second-order valence-corrected chi connectivity index (χ2v) is 5.56. The molecule has 0 saturated heterocycles. The molecule has 0 saturated carbocycles. The van der Waals surface area contributed by atoms with Crippen molar-refractivity contribution in [3.63, 3.8) is 0 Å². The van der Waals surface area contributed by atoms with E-state index in [-0.39, 0.29) is 4.90 Å². The highest BCUT2D eigenvalue weighted by molar-refractivity contribution is 7.92. The summed E-state index contributed by atoms with van der Waals surface area (Å²) in [6.07, 6.45) is 2.70. The summed E-state index contributed by atoms with van der Waals surface area (Å²) in [7, 11) is -3.67. The monoisotopic (exact) mass is 270 g/mol. The Morgan fingerprint density at radius 3 is 2.82 bits per heavy atom. The number of hydrazine groups is 1. The van der Waals surface area contributed by atoms with E-state index in [1.165, 1.54) is 29.8 Å². The van der Waals surface area contributed by atoms with Crippen molar-refractivity contribution in [2.75, 3.05) is 10.1 Å². The highest BCUT2D eigenvalue weighted by Gasteiger charge is 2.18. The minimum Gasteiger partial charge on any atom is -0.323 e. The number of anilines is 2. The van der Waals surface area contributed by atoms with Crippen molar-refractivity contribution in [1.82, 2.24) is 4.98 Å². The Labute approximate surface area is 103 Å². The normalized spacial score (nSPS) is 11.1. The van der Waals surface area contributed by atoms with Gasteiger partial charge in [-0.3, -0.25) is 15.5 Å². The molecular weight excluding hydrogens is 260 g/mol. The lowest BCUT2D eigenvalue weighted by Gasteiger charge is -2.09. The summed E-state index contributed by atoms with van der Waals surface area (Å²) in [6, 6.07) is 3.16. The first-order chi connectivity index (χ1) is 8.13. The smallest absolute Gasteiger partial charge is 0.265 e. The number of nitrogens with zero attached hydrogens (tertiary/aromatic N) is 1. The molecule has 90 valence electrons. The van der Waals surface area contributed by atoms with E-state index in [0.29, 0.717) is 11.4 Å². The molecule has 2 heterocycles. The highest BCUT2D eigenvalue weighted by Crippen LogP contribution is 2.22. The topological polar surface area (TPSA) is 97.1 Å². The number of nitrogens with one attached hydrogen (secondary N) is 2. The van der Waals surface area contributed by atoms with Crippen LogP contribution in [0.15, 0.2) is 40.2 Å². The lowest BCUT2D eigenvalue weighted by Crippen LogP contribution is -2.17. The third kappa shape index (κ3) is 2.54. The number of hydrogen-bond acceptors (Lipinski definition) is 6. The second-order valence-electron chi connectivity index (χ2n) is 3.13. The molecule has 0 amide bonds. The molecule has 0 aromatic carbocycles. The maximum Gasteiger partial charge on any atom is 0.265 e. The van der Waals surface area contributed by atoms with Crippen LogP contribution < -0.4 is 16.0 Å². The molecule has 4 N–H and O–H groups in total. The van der Waals surface area contributed by atoms with Crippen LogP contribution in [0.4, 0.5) is 11.4 Å². The molecule has 0 unspecified atom stereocenters. The summed E-state index contributed by atoms with van der Waals surface area (Å²) in [6.45, 7) is 0. The van der Waals surface area contributed by atoms with E-state index in [0.717, 1.165) is 0 Å². The van der Waals surface area contributed by atoms with Crippen LogP contribution in [-0.2, 0) is 10.0 Å². The van der Waals surface area contributed by atoms with Gasteiger partial charge in [0.2, 0.25) is 0 Å². The molecule has 8 heteroatoms. The van der Waals surface area contributed by atoms with Crippen LogP contribution in [0.5, 0.6) is 0 Å². The molecule has 0 aliphatic rings. The molecule has 0 spiro atoms. The quantitative estimate of drug-likeness (QED) is 0.573. The molecular formula is C9H10N4O2S2. The average molecular weight is 270 g/mol. The maximum atomic E-state index is 12.0. The average Bonchev–Trinajstić information content (AvgIpc) is 2.81. The van der Waals surface area contributed by atoms with Crippen LogP contribution in [0.1, 0.15) is 0 Å². The summed E-state index contributed by atoms with van der Waals surface area (Å²) in [5, 5.41) is 3.48. The number of hydrogen-bond donors (Lipinski definition) is 3. The Morgan fingerprint density at radius 2 is 2.18 bits per heavy atom. The van der Waals surface area contributed by atoms with Gasteiger partial charge in [0.1, 0.15) is 4.90 Å². The second kappa shape index (κ2) is 4.70. The third-order valence-electron chi connectivity index (χ3n) is 2.00. The summed E-state index contributed by atoms with van der Waals surface area (Å²) >= 11 is 1.40. The number of pyridine rings is 1. The molecule has 0 aliphatic heterocycles. The standard InChI is InChI=1S/C9H10N4O2S2/c10-12-8-1-3-11-5-9(8)17(14,15)13-7-2-4-16-6-7/h1-6,13H,10H2,(H,11,12).